The van der Waals surface area contributed by atoms with E-state index in [0.717, 1.165) is 31.9 Å². The maximum absolute atomic E-state index is 11.9. The lowest BCUT2D eigenvalue weighted by molar-refractivity contribution is -0.900. The number of morpholine rings is 1. The molecule has 1 fully saturated rings. The summed E-state index contributed by atoms with van der Waals surface area (Å²) in [7, 11) is 1.35. The maximum atomic E-state index is 11.9. The molecule has 0 aromatic heterocycles. The number of carbonyl (C=O) groups excluding carboxylic acids is 2. The number of quaternary nitrogens is 1. The second kappa shape index (κ2) is 7.75. The molecule has 1 aliphatic heterocycles. The minimum Gasteiger partial charge on any atom is -0.465 e. The molecule has 0 unspecified atom stereocenters. The third-order valence-corrected chi connectivity index (χ3v) is 3.48. The molecule has 1 heterocycles. The molecule has 1 saturated heterocycles. The minimum atomic E-state index is -0.360. The number of nitrogens with one attached hydrogen (secondary N) is 2. The van der Waals surface area contributed by atoms with E-state index in [4.69, 9.17) is 4.74 Å². The molecule has 114 valence electrons. The Morgan fingerprint density at radius 1 is 1.24 bits per heavy atom. The Kier molecular flexibility index (Phi) is 5.71. The van der Waals surface area contributed by atoms with E-state index in [9.17, 15) is 9.59 Å². The van der Waals surface area contributed by atoms with Gasteiger partial charge in [0.15, 0.2) is 6.54 Å². The molecule has 0 radical (unpaired) electrons. The first kappa shape index (κ1) is 15.5. The van der Waals surface area contributed by atoms with Gasteiger partial charge in [-0.2, -0.15) is 0 Å². The van der Waals surface area contributed by atoms with Crippen molar-refractivity contribution in [3.8, 4) is 0 Å². The second-order valence-corrected chi connectivity index (χ2v) is 5.00. The molecule has 0 spiro atoms. The van der Waals surface area contributed by atoms with Crippen molar-refractivity contribution in [2.45, 2.75) is 6.54 Å². The lowest BCUT2D eigenvalue weighted by Crippen LogP contribution is -3.15. The van der Waals surface area contributed by atoms with Crippen molar-refractivity contribution < 1.29 is 24.0 Å². The predicted molar refractivity (Wildman–Crippen MR) is 76.0 cm³/mol. The van der Waals surface area contributed by atoms with Gasteiger partial charge in [0.2, 0.25) is 0 Å². The summed E-state index contributed by atoms with van der Waals surface area (Å²) in [5.41, 5.74) is 1.46. The van der Waals surface area contributed by atoms with Crippen LogP contribution in [0.25, 0.3) is 0 Å². The molecule has 6 nitrogen and oxygen atoms in total. The molecule has 1 amide bonds. The van der Waals surface area contributed by atoms with Crippen molar-refractivity contribution in [1.82, 2.24) is 5.32 Å². The van der Waals surface area contributed by atoms with Gasteiger partial charge in [-0.25, -0.2) is 4.79 Å². The van der Waals surface area contributed by atoms with E-state index in [0.29, 0.717) is 18.7 Å². The van der Waals surface area contributed by atoms with E-state index in [-0.39, 0.29) is 11.9 Å². The van der Waals surface area contributed by atoms with Gasteiger partial charge < -0.3 is 19.7 Å². The fourth-order valence-corrected chi connectivity index (χ4v) is 2.20. The van der Waals surface area contributed by atoms with Crippen molar-refractivity contribution in [3.05, 3.63) is 35.4 Å². The highest BCUT2D eigenvalue weighted by molar-refractivity contribution is 5.89. The molecule has 21 heavy (non-hydrogen) atoms. The van der Waals surface area contributed by atoms with Gasteiger partial charge in [0.05, 0.1) is 25.9 Å². The average Bonchev–Trinajstić information content (AvgIpc) is 2.53. The summed E-state index contributed by atoms with van der Waals surface area (Å²) < 4.78 is 9.90. The third-order valence-electron chi connectivity index (χ3n) is 3.48. The Balaban J connectivity index is 1.76. The first-order valence-electron chi connectivity index (χ1n) is 7.04. The molecule has 0 saturated carbocycles. The number of rotatable bonds is 5. The molecule has 1 aromatic rings. The van der Waals surface area contributed by atoms with Gasteiger partial charge in [-0.05, 0) is 17.7 Å². The van der Waals surface area contributed by atoms with Crippen LogP contribution in [-0.2, 0) is 20.8 Å². The first-order chi connectivity index (χ1) is 10.2. The molecule has 1 aromatic carbocycles. The largest absolute Gasteiger partial charge is 0.465 e. The Labute approximate surface area is 124 Å². The van der Waals surface area contributed by atoms with Crippen LogP contribution in [-0.4, -0.2) is 51.8 Å². The SMILES string of the molecule is COC(=O)c1ccc(CNC(=O)C[NH+]2CCOCC2)cc1. The number of ether oxygens (including phenoxy) is 2. The highest BCUT2D eigenvalue weighted by Crippen LogP contribution is 2.05. The first-order valence-corrected chi connectivity index (χ1v) is 7.04. The summed E-state index contributed by atoms with van der Waals surface area (Å²) in [4.78, 5) is 24.4. The minimum absolute atomic E-state index is 0.0314. The standard InChI is InChI=1S/C15H20N2O4/c1-20-15(19)13-4-2-12(3-5-13)10-16-14(18)11-17-6-8-21-9-7-17/h2-5H,6-11H2,1H3,(H,16,18)/p+1. The van der Waals surface area contributed by atoms with Gasteiger partial charge in [0.1, 0.15) is 13.1 Å². The summed E-state index contributed by atoms with van der Waals surface area (Å²) in [6.07, 6.45) is 0. The summed E-state index contributed by atoms with van der Waals surface area (Å²) >= 11 is 0. The van der Waals surface area contributed by atoms with Crippen LogP contribution in [0.3, 0.4) is 0 Å². The van der Waals surface area contributed by atoms with Crippen molar-refractivity contribution in [3.63, 3.8) is 0 Å². The highest BCUT2D eigenvalue weighted by atomic mass is 16.5. The maximum Gasteiger partial charge on any atom is 0.337 e. The molecule has 1 aliphatic rings. The predicted octanol–water partition coefficient (Wildman–Crippen LogP) is -0.995. The second-order valence-electron chi connectivity index (χ2n) is 5.00. The van der Waals surface area contributed by atoms with Gasteiger partial charge in [-0.3, -0.25) is 4.79 Å². The van der Waals surface area contributed by atoms with E-state index in [1.807, 2.05) is 12.1 Å². The van der Waals surface area contributed by atoms with Gasteiger partial charge in [0.25, 0.3) is 5.91 Å². The van der Waals surface area contributed by atoms with Crippen LogP contribution in [0.5, 0.6) is 0 Å². The number of methoxy groups -OCH3 is 1. The van der Waals surface area contributed by atoms with Crippen LogP contribution < -0.4 is 10.2 Å². The zero-order valence-corrected chi connectivity index (χ0v) is 12.2. The van der Waals surface area contributed by atoms with Crippen molar-refractivity contribution in [2.75, 3.05) is 40.0 Å². The summed E-state index contributed by atoms with van der Waals surface area (Å²) in [6.45, 7) is 4.13. The van der Waals surface area contributed by atoms with Gasteiger partial charge in [0, 0.05) is 6.54 Å². The Morgan fingerprint density at radius 3 is 2.52 bits per heavy atom. The summed E-state index contributed by atoms with van der Waals surface area (Å²) in [6, 6.07) is 7.02. The molecule has 0 atom stereocenters. The van der Waals surface area contributed by atoms with E-state index >= 15 is 0 Å². The van der Waals surface area contributed by atoms with Gasteiger partial charge >= 0.3 is 5.97 Å². The average molecular weight is 293 g/mol. The fraction of sp³-hybridized carbons (Fsp3) is 0.467. The molecule has 2 rings (SSSR count). The number of amides is 1. The summed E-state index contributed by atoms with van der Waals surface area (Å²) in [5.74, 6) is -0.328. The van der Waals surface area contributed by atoms with Crippen LogP contribution in [0.15, 0.2) is 24.3 Å². The van der Waals surface area contributed by atoms with Gasteiger partial charge in [-0.1, -0.05) is 12.1 Å². The molecular formula is C15H21N2O4+. The number of esters is 1. The molecule has 6 heteroatoms. The van der Waals surface area contributed by atoms with E-state index < -0.39 is 0 Å². The Bertz CT molecular complexity index is 481. The van der Waals surface area contributed by atoms with Crippen molar-refractivity contribution in [1.29, 1.82) is 0 Å². The quantitative estimate of drug-likeness (QED) is 0.684. The van der Waals surface area contributed by atoms with Crippen molar-refractivity contribution >= 4 is 11.9 Å². The Hall–Kier alpha value is -1.92. The van der Waals surface area contributed by atoms with Crippen LogP contribution >= 0.6 is 0 Å². The number of benzene rings is 1. The number of hydrogen-bond donors (Lipinski definition) is 2. The van der Waals surface area contributed by atoms with Crippen LogP contribution in [0.2, 0.25) is 0 Å². The molecule has 2 N–H and O–H groups in total. The highest BCUT2D eigenvalue weighted by Gasteiger charge is 2.17. The molecule has 0 aliphatic carbocycles. The number of hydrogen-bond acceptors (Lipinski definition) is 4. The lowest BCUT2D eigenvalue weighted by atomic mass is 10.1. The van der Waals surface area contributed by atoms with Crippen molar-refractivity contribution in [2.24, 2.45) is 0 Å². The zero-order chi connectivity index (χ0) is 15.1. The van der Waals surface area contributed by atoms with Crippen LogP contribution in [0, 0.1) is 0 Å². The Morgan fingerprint density at radius 2 is 1.90 bits per heavy atom. The van der Waals surface area contributed by atoms with Gasteiger partial charge in [-0.15, -0.1) is 0 Å². The van der Waals surface area contributed by atoms with E-state index in [2.05, 4.69) is 10.1 Å². The summed E-state index contributed by atoms with van der Waals surface area (Å²) in [5, 5.41) is 2.89. The smallest absolute Gasteiger partial charge is 0.337 e. The van der Waals surface area contributed by atoms with Crippen LogP contribution in [0.4, 0.5) is 0 Å². The zero-order valence-electron chi connectivity index (χ0n) is 12.2. The monoisotopic (exact) mass is 293 g/mol. The van der Waals surface area contributed by atoms with E-state index in [1.165, 1.54) is 12.0 Å². The fourth-order valence-electron chi connectivity index (χ4n) is 2.20. The normalized spacial score (nSPS) is 15.5. The lowest BCUT2D eigenvalue weighted by Gasteiger charge is -2.23. The van der Waals surface area contributed by atoms with E-state index in [1.54, 1.807) is 12.1 Å². The topological polar surface area (TPSA) is 69.1 Å². The molecular weight excluding hydrogens is 272 g/mol. The third kappa shape index (κ3) is 4.84. The molecule has 0 bridgehead atoms. The number of carbonyl (C=O) groups is 2. The van der Waals surface area contributed by atoms with Crippen LogP contribution in [0.1, 0.15) is 15.9 Å².